The largest absolute Gasteiger partial charge is 0.481 e. The molecule has 102 valence electrons. The highest BCUT2D eigenvalue weighted by atomic mass is 32.2. The van der Waals surface area contributed by atoms with Gasteiger partial charge in [0.15, 0.2) is 0 Å². The molecular formula is C10H22N2O4S. The van der Waals surface area contributed by atoms with Gasteiger partial charge in [0.25, 0.3) is 0 Å². The normalized spacial score (nSPS) is 12.3. The summed E-state index contributed by atoms with van der Waals surface area (Å²) < 4.78 is 25.0. The van der Waals surface area contributed by atoms with Gasteiger partial charge in [-0.05, 0) is 33.9 Å². The van der Waals surface area contributed by atoms with Gasteiger partial charge in [0.05, 0.1) is 12.2 Å². The lowest BCUT2D eigenvalue weighted by atomic mass is 10.3. The number of sulfonamides is 1. The van der Waals surface area contributed by atoms with Gasteiger partial charge in [0.1, 0.15) is 0 Å². The first-order chi connectivity index (χ1) is 7.74. The van der Waals surface area contributed by atoms with E-state index in [9.17, 15) is 13.2 Å². The molecule has 0 saturated carbocycles. The van der Waals surface area contributed by atoms with E-state index < -0.39 is 16.0 Å². The van der Waals surface area contributed by atoms with Crippen molar-refractivity contribution >= 4 is 16.0 Å². The number of nitrogens with one attached hydrogen (secondary N) is 1. The Hall–Kier alpha value is -0.660. The lowest BCUT2D eigenvalue weighted by Gasteiger charge is -2.20. The van der Waals surface area contributed by atoms with Crippen molar-refractivity contribution in [2.75, 3.05) is 25.9 Å². The maximum atomic E-state index is 11.3. The fourth-order valence-corrected chi connectivity index (χ4v) is 2.15. The summed E-state index contributed by atoms with van der Waals surface area (Å²) in [5, 5.41) is 8.38. The first-order valence-electron chi connectivity index (χ1n) is 5.64. The molecule has 0 saturated heterocycles. The fourth-order valence-electron chi connectivity index (χ4n) is 1.11. The topological polar surface area (TPSA) is 86.7 Å². The third-order valence-corrected chi connectivity index (χ3v) is 3.86. The Morgan fingerprint density at radius 2 is 2.00 bits per heavy atom. The summed E-state index contributed by atoms with van der Waals surface area (Å²) in [4.78, 5) is 12.4. The number of hydrogen-bond donors (Lipinski definition) is 2. The highest BCUT2D eigenvalue weighted by molar-refractivity contribution is 7.89. The molecule has 0 rings (SSSR count). The lowest BCUT2D eigenvalue weighted by molar-refractivity contribution is -0.136. The standard InChI is InChI=1S/C10H22N2O4S/c1-9(2)12(3)7-4-6-11-17(15,16)8-5-10(13)14/h9,11H,4-8H2,1-3H3,(H,13,14). The van der Waals surface area contributed by atoms with Crippen molar-refractivity contribution in [1.29, 1.82) is 0 Å². The van der Waals surface area contributed by atoms with Crippen molar-refractivity contribution in [3.63, 3.8) is 0 Å². The van der Waals surface area contributed by atoms with E-state index in [4.69, 9.17) is 5.11 Å². The second-order valence-electron chi connectivity index (χ2n) is 4.28. The van der Waals surface area contributed by atoms with E-state index in [0.29, 0.717) is 19.0 Å². The molecule has 0 fully saturated rings. The van der Waals surface area contributed by atoms with E-state index in [1.807, 2.05) is 7.05 Å². The zero-order valence-corrected chi connectivity index (χ0v) is 11.5. The molecule has 0 bridgehead atoms. The monoisotopic (exact) mass is 266 g/mol. The average Bonchev–Trinajstić information content (AvgIpc) is 2.21. The molecule has 0 aliphatic carbocycles. The lowest BCUT2D eigenvalue weighted by Crippen LogP contribution is -2.32. The first-order valence-corrected chi connectivity index (χ1v) is 7.29. The van der Waals surface area contributed by atoms with E-state index >= 15 is 0 Å². The van der Waals surface area contributed by atoms with Gasteiger partial charge in [0, 0.05) is 12.6 Å². The van der Waals surface area contributed by atoms with Crippen LogP contribution in [0.15, 0.2) is 0 Å². The van der Waals surface area contributed by atoms with Crippen LogP contribution in [0.2, 0.25) is 0 Å². The molecule has 7 heteroatoms. The molecule has 0 aromatic heterocycles. The van der Waals surface area contributed by atoms with Gasteiger partial charge in [-0.25, -0.2) is 13.1 Å². The molecule has 0 unspecified atom stereocenters. The number of rotatable bonds is 9. The molecule has 0 aromatic rings. The van der Waals surface area contributed by atoms with Crippen molar-refractivity contribution < 1.29 is 18.3 Å². The van der Waals surface area contributed by atoms with Crippen molar-refractivity contribution in [3.8, 4) is 0 Å². The third-order valence-electron chi connectivity index (χ3n) is 2.48. The summed E-state index contributed by atoms with van der Waals surface area (Å²) in [5.41, 5.74) is 0. The molecule has 17 heavy (non-hydrogen) atoms. The SMILES string of the molecule is CC(C)N(C)CCCNS(=O)(=O)CCC(=O)O. The summed E-state index contributed by atoms with van der Waals surface area (Å²) in [6.45, 7) is 5.28. The van der Waals surface area contributed by atoms with Gasteiger partial charge in [-0.3, -0.25) is 4.79 Å². The third kappa shape index (κ3) is 9.08. The smallest absolute Gasteiger partial charge is 0.304 e. The Bertz CT molecular complexity index is 327. The van der Waals surface area contributed by atoms with E-state index in [0.717, 1.165) is 6.54 Å². The Balaban J connectivity index is 3.77. The van der Waals surface area contributed by atoms with Crippen LogP contribution in [-0.4, -0.2) is 56.3 Å². The molecule has 0 aliphatic heterocycles. The summed E-state index contributed by atoms with van der Waals surface area (Å²) in [6.07, 6.45) is 0.349. The summed E-state index contributed by atoms with van der Waals surface area (Å²) in [7, 11) is -1.47. The van der Waals surface area contributed by atoms with Crippen LogP contribution in [-0.2, 0) is 14.8 Å². The molecule has 0 radical (unpaired) electrons. The molecule has 0 aliphatic rings. The van der Waals surface area contributed by atoms with E-state index in [-0.39, 0.29) is 12.2 Å². The Morgan fingerprint density at radius 1 is 1.41 bits per heavy atom. The van der Waals surface area contributed by atoms with Crippen molar-refractivity contribution in [2.45, 2.75) is 32.7 Å². The van der Waals surface area contributed by atoms with E-state index in [1.54, 1.807) is 0 Å². The molecule has 0 heterocycles. The first kappa shape index (κ1) is 16.3. The van der Waals surface area contributed by atoms with E-state index in [2.05, 4.69) is 23.5 Å². The van der Waals surface area contributed by atoms with Crippen LogP contribution in [0.4, 0.5) is 0 Å². The van der Waals surface area contributed by atoms with Gasteiger partial charge >= 0.3 is 5.97 Å². The van der Waals surface area contributed by atoms with Crippen molar-refractivity contribution in [1.82, 2.24) is 9.62 Å². The second kappa shape index (κ2) is 7.62. The van der Waals surface area contributed by atoms with Crippen molar-refractivity contribution in [3.05, 3.63) is 0 Å². The van der Waals surface area contributed by atoms with Crippen LogP contribution in [0.25, 0.3) is 0 Å². The van der Waals surface area contributed by atoms with Crippen molar-refractivity contribution in [2.24, 2.45) is 0 Å². The van der Waals surface area contributed by atoms with Gasteiger partial charge in [-0.1, -0.05) is 0 Å². The minimum Gasteiger partial charge on any atom is -0.481 e. The Labute approximate surface area is 103 Å². The van der Waals surface area contributed by atoms with Crippen LogP contribution >= 0.6 is 0 Å². The maximum Gasteiger partial charge on any atom is 0.304 e. The van der Waals surface area contributed by atoms with Crippen LogP contribution in [0.1, 0.15) is 26.7 Å². The average molecular weight is 266 g/mol. The predicted octanol–water partition coefficient (Wildman–Crippen LogP) is 0.111. The van der Waals surface area contributed by atoms with Crippen LogP contribution in [0.5, 0.6) is 0 Å². The summed E-state index contributed by atoms with van der Waals surface area (Å²) >= 11 is 0. The number of carboxylic acids is 1. The summed E-state index contributed by atoms with van der Waals surface area (Å²) in [6, 6.07) is 0.429. The number of carbonyl (C=O) groups is 1. The number of hydrogen-bond acceptors (Lipinski definition) is 4. The van der Waals surface area contributed by atoms with Gasteiger partial charge < -0.3 is 10.0 Å². The molecular weight excluding hydrogens is 244 g/mol. The van der Waals surface area contributed by atoms with Gasteiger partial charge in [0.2, 0.25) is 10.0 Å². The van der Waals surface area contributed by atoms with E-state index in [1.165, 1.54) is 0 Å². The molecule has 6 nitrogen and oxygen atoms in total. The maximum absolute atomic E-state index is 11.3. The second-order valence-corrected chi connectivity index (χ2v) is 6.21. The van der Waals surface area contributed by atoms with Gasteiger partial charge in [-0.15, -0.1) is 0 Å². The molecule has 0 atom stereocenters. The number of nitrogens with zero attached hydrogens (tertiary/aromatic N) is 1. The predicted molar refractivity (Wildman–Crippen MR) is 66.4 cm³/mol. The van der Waals surface area contributed by atoms with Crippen LogP contribution < -0.4 is 4.72 Å². The minimum atomic E-state index is -3.44. The minimum absolute atomic E-state index is 0.346. The zero-order valence-electron chi connectivity index (χ0n) is 10.6. The molecule has 0 aromatic carbocycles. The fraction of sp³-hybridized carbons (Fsp3) is 0.900. The summed E-state index contributed by atoms with van der Waals surface area (Å²) in [5.74, 6) is -1.46. The van der Waals surface area contributed by atoms with Gasteiger partial charge in [-0.2, -0.15) is 0 Å². The molecule has 2 N–H and O–H groups in total. The highest BCUT2D eigenvalue weighted by Crippen LogP contribution is 1.95. The zero-order chi connectivity index (χ0) is 13.5. The Morgan fingerprint density at radius 3 is 2.47 bits per heavy atom. The molecule has 0 amide bonds. The highest BCUT2D eigenvalue weighted by Gasteiger charge is 2.12. The number of carboxylic acid groups (broad SMARTS) is 1. The Kier molecular flexibility index (Phi) is 7.33. The quantitative estimate of drug-likeness (QED) is 0.578. The van der Waals surface area contributed by atoms with Crippen LogP contribution in [0, 0.1) is 0 Å². The van der Waals surface area contributed by atoms with Crippen LogP contribution in [0.3, 0.4) is 0 Å². The number of aliphatic carboxylic acids is 1. The molecule has 0 spiro atoms.